The molecule has 156 valence electrons. The second-order valence-electron chi connectivity index (χ2n) is 8.35. The van der Waals surface area contributed by atoms with Crippen molar-refractivity contribution in [2.75, 3.05) is 11.4 Å². The van der Waals surface area contributed by atoms with Gasteiger partial charge in [-0.3, -0.25) is 4.79 Å². The molecule has 0 N–H and O–H groups in total. The largest absolute Gasteiger partial charge is 0.323 e. The number of carbonyl (C=O) groups excluding carboxylic acids is 1. The van der Waals surface area contributed by atoms with Gasteiger partial charge in [-0.15, -0.1) is 0 Å². The van der Waals surface area contributed by atoms with E-state index in [1.165, 1.54) is 16.7 Å². The number of aromatic nitrogens is 2. The number of hydrogen-bond donors (Lipinski definition) is 0. The highest BCUT2D eigenvalue weighted by atomic mass is 79.9. The van der Waals surface area contributed by atoms with Crippen LogP contribution in [0.4, 0.5) is 5.69 Å². The molecule has 4 aromatic rings. The molecule has 1 aromatic heterocycles. The number of anilines is 1. The van der Waals surface area contributed by atoms with E-state index in [0.29, 0.717) is 13.0 Å². The molecule has 1 unspecified atom stereocenters. The van der Waals surface area contributed by atoms with E-state index in [0.717, 1.165) is 33.6 Å². The molecule has 31 heavy (non-hydrogen) atoms. The SMILES string of the molecule is Cc1ccc(N2CC(c3nc4ccccc4n3Cc3ccc(Br)cc3)CC2=O)cc1C. The first-order chi connectivity index (χ1) is 15.0. The predicted octanol–water partition coefficient (Wildman–Crippen LogP) is 5.98. The highest BCUT2D eigenvalue weighted by Gasteiger charge is 2.35. The molecule has 1 saturated heterocycles. The zero-order chi connectivity index (χ0) is 21.5. The fourth-order valence-electron chi connectivity index (χ4n) is 4.37. The quantitative estimate of drug-likeness (QED) is 0.365. The highest BCUT2D eigenvalue weighted by Crippen LogP contribution is 2.34. The lowest BCUT2D eigenvalue weighted by Gasteiger charge is -2.18. The molecule has 0 bridgehead atoms. The fraction of sp³-hybridized carbons (Fsp3) is 0.231. The van der Waals surface area contributed by atoms with Crippen molar-refractivity contribution in [1.29, 1.82) is 0 Å². The number of nitrogens with zero attached hydrogens (tertiary/aromatic N) is 3. The van der Waals surface area contributed by atoms with Gasteiger partial charge < -0.3 is 9.47 Å². The maximum atomic E-state index is 13.0. The Balaban J connectivity index is 1.51. The molecule has 0 spiro atoms. The standard InChI is InChI=1S/C26H24BrN3O/c1-17-7-12-22(13-18(17)2)29-16-20(14-25(29)31)26-28-23-5-3-4-6-24(23)30(26)15-19-8-10-21(27)11-9-19/h3-13,20H,14-16H2,1-2H3. The lowest BCUT2D eigenvalue weighted by Crippen LogP contribution is -2.24. The minimum Gasteiger partial charge on any atom is -0.323 e. The van der Waals surface area contributed by atoms with E-state index in [1.54, 1.807) is 0 Å². The van der Waals surface area contributed by atoms with E-state index in [1.807, 2.05) is 23.1 Å². The van der Waals surface area contributed by atoms with E-state index < -0.39 is 0 Å². The summed E-state index contributed by atoms with van der Waals surface area (Å²) in [7, 11) is 0. The summed E-state index contributed by atoms with van der Waals surface area (Å²) in [6, 6.07) is 22.9. The summed E-state index contributed by atoms with van der Waals surface area (Å²) < 4.78 is 3.35. The van der Waals surface area contributed by atoms with Gasteiger partial charge in [-0.05, 0) is 66.9 Å². The Bertz CT molecular complexity index is 1280. The van der Waals surface area contributed by atoms with E-state index >= 15 is 0 Å². The van der Waals surface area contributed by atoms with Gasteiger partial charge in [-0.2, -0.15) is 0 Å². The second-order valence-corrected chi connectivity index (χ2v) is 9.26. The van der Waals surface area contributed by atoms with Gasteiger partial charge in [0.25, 0.3) is 0 Å². The Kier molecular flexibility index (Phi) is 5.14. The van der Waals surface area contributed by atoms with Crippen LogP contribution in [0.5, 0.6) is 0 Å². The van der Waals surface area contributed by atoms with Crippen LogP contribution in [0.3, 0.4) is 0 Å². The van der Waals surface area contributed by atoms with E-state index in [4.69, 9.17) is 4.98 Å². The average molecular weight is 474 g/mol. The van der Waals surface area contributed by atoms with Crippen molar-refractivity contribution < 1.29 is 4.79 Å². The van der Waals surface area contributed by atoms with Crippen LogP contribution in [0.1, 0.15) is 34.9 Å². The molecular formula is C26H24BrN3O. The number of aryl methyl sites for hydroxylation is 2. The van der Waals surface area contributed by atoms with Gasteiger partial charge in [0.2, 0.25) is 5.91 Å². The molecule has 1 amide bonds. The smallest absolute Gasteiger partial charge is 0.227 e. The first kappa shape index (κ1) is 20.0. The second kappa shape index (κ2) is 7.97. The van der Waals surface area contributed by atoms with Crippen LogP contribution >= 0.6 is 15.9 Å². The number of halogens is 1. The first-order valence-electron chi connectivity index (χ1n) is 10.6. The van der Waals surface area contributed by atoms with Crippen molar-refractivity contribution in [2.45, 2.75) is 32.7 Å². The van der Waals surface area contributed by atoms with Crippen molar-refractivity contribution in [3.63, 3.8) is 0 Å². The maximum Gasteiger partial charge on any atom is 0.227 e. The molecule has 0 aliphatic carbocycles. The van der Waals surface area contributed by atoms with Gasteiger partial charge in [-0.1, -0.05) is 46.3 Å². The molecule has 1 aliphatic heterocycles. The Hall–Kier alpha value is -2.92. The molecule has 1 fully saturated rings. The number of para-hydroxylation sites is 2. The van der Waals surface area contributed by atoms with Crippen LogP contribution in [-0.4, -0.2) is 22.0 Å². The van der Waals surface area contributed by atoms with Gasteiger partial charge in [-0.25, -0.2) is 4.98 Å². The molecule has 0 saturated carbocycles. The van der Waals surface area contributed by atoms with E-state index in [9.17, 15) is 4.79 Å². The van der Waals surface area contributed by atoms with E-state index in [2.05, 4.69) is 82.9 Å². The zero-order valence-electron chi connectivity index (χ0n) is 17.7. The molecule has 1 aliphatic rings. The molecular weight excluding hydrogens is 450 g/mol. The van der Waals surface area contributed by atoms with Crippen LogP contribution < -0.4 is 4.90 Å². The van der Waals surface area contributed by atoms with Gasteiger partial charge in [0.05, 0.1) is 11.0 Å². The van der Waals surface area contributed by atoms with Crippen LogP contribution in [-0.2, 0) is 11.3 Å². The predicted molar refractivity (Wildman–Crippen MR) is 129 cm³/mol. The third-order valence-electron chi connectivity index (χ3n) is 6.23. The van der Waals surface area contributed by atoms with Crippen molar-refractivity contribution >= 4 is 38.6 Å². The molecule has 3 aromatic carbocycles. The Morgan fingerprint density at radius 2 is 1.77 bits per heavy atom. The molecule has 0 radical (unpaired) electrons. The van der Waals surface area contributed by atoms with Crippen LogP contribution in [0.25, 0.3) is 11.0 Å². The van der Waals surface area contributed by atoms with Crippen molar-refractivity contribution in [1.82, 2.24) is 9.55 Å². The van der Waals surface area contributed by atoms with Gasteiger partial charge in [0.1, 0.15) is 5.82 Å². The van der Waals surface area contributed by atoms with Crippen LogP contribution in [0.2, 0.25) is 0 Å². The van der Waals surface area contributed by atoms with Gasteiger partial charge in [0, 0.05) is 35.6 Å². The number of imidazole rings is 1. The summed E-state index contributed by atoms with van der Waals surface area (Å²) in [6.45, 7) is 5.58. The summed E-state index contributed by atoms with van der Waals surface area (Å²) in [5.41, 5.74) is 6.72. The summed E-state index contributed by atoms with van der Waals surface area (Å²) in [6.07, 6.45) is 0.483. The minimum atomic E-state index is 0.0666. The lowest BCUT2D eigenvalue weighted by atomic mass is 10.1. The lowest BCUT2D eigenvalue weighted by molar-refractivity contribution is -0.117. The summed E-state index contributed by atoms with van der Waals surface area (Å²) in [5, 5.41) is 0. The van der Waals surface area contributed by atoms with Crippen molar-refractivity contribution in [2.24, 2.45) is 0 Å². The Morgan fingerprint density at radius 3 is 2.55 bits per heavy atom. The molecule has 5 heteroatoms. The zero-order valence-corrected chi connectivity index (χ0v) is 19.3. The van der Waals surface area contributed by atoms with E-state index in [-0.39, 0.29) is 11.8 Å². The minimum absolute atomic E-state index is 0.0666. The number of carbonyl (C=O) groups is 1. The molecule has 1 atom stereocenters. The molecule has 5 rings (SSSR count). The summed E-state index contributed by atoms with van der Waals surface area (Å²) >= 11 is 3.51. The third-order valence-corrected chi connectivity index (χ3v) is 6.76. The topological polar surface area (TPSA) is 38.1 Å². The fourth-order valence-corrected chi connectivity index (χ4v) is 4.63. The number of benzene rings is 3. The van der Waals surface area contributed by atoms with Crippen LogP contribution in [0.15, 0.2) is 71.2 Å². The summed E-state index contributed by atoms with van der Waals surface area (Å²) in [4.78, 5) is 19.9. The van der Waals surface area contributed by atoms with Gasteiger partial charge >= 0.3 is 0 Å². The number of fused-ring (bicyclic) bond motifs is 1. The number of hydrogen-bond acceptors (Lipinski definition) is 2. The average Bonchev–Trinajstić information content (AvgIpc) is 3.32. The monoisotopic (exact) mass is 473 g/mol. The molecule has 4 nitrogen and oxygen atoms in total. The first-order valence-corrected chi connectivity index (χ1v) is 11.4. The van der Waals surface area contributed by atoms with Gasteiger partial charge in [0.15, 0.2) is 0 Å². The van der Waals surface area contributed by atoms with Crippen LogP contribution in [0, 0.1) is 13.8 Å². The number of amides is 1. The number of rotatable bonds is 4. The highest BCUT2D eigenvalue weighted by molar-refractivity contribution is 9.10. The molecule has 2 heterocycles. The van der Waals surface area contributed by atoms with Crippen molar-refractivity contribution in [3.8, 4) is 0 Å². The maximum absolute atomic E-state index is 13.0. The Morgan fingerprint density at radius 1 is 1.00 bits per heavy atom. The Labute approximate surface area is 190 Å². The third kappa shape index (κ3) is 3.79. The summed E-state index contributed by atoms with van der Waals surface area (Å²) in [5.74, 6) is 1.22. The van der Waals surface area contributed by atoms with Crippen molar-refractivity contribution in [3.05, 3.63) is 93.7 Å². The normalized spacial score (nSPS) is 16.4.